The summed E-state index contributed by atoms with van der Waals surface area (Å²) in [6.45, 7) is 3.12. The van der Waals surface area contributed by atoms with E-state index in [0.717, 1.165) is 50.5 Å². The second kappa shape index (κ2) is 26.2. The number of carbonyl (C=O) groups excluding carboxylic acids is 4. The number of nitrogens with zero attached hydrogens (tertiary/aromatic N) is 2. The summed E-state index contributed by atoms with van der Waals surface area (Å²) in [4.78, 5) is 73.0. The molecule has 2 heterocycles. The highest BCUT2D eigenvalue weighted by Gasteiger charge is 2.26. The molecule has 0 saturated carbocycles. The van der Waals surface area contributed by atoms with Crippen LogP contribution in [0.25, 0.3) is 0 Å². The third-order valence-corrected chi connectivity index (χ3v) is 8.94. The van der Waals surface area contributed by atoms with E-state index in [9.17, 15) is 28.8 Å². The highest BCUT2D eigenvalue weighted by molar-refractivity contribution is 5.91. The molecule has 2 atom stereocenters. The number of aliphatic carboxylic acids is 2. The van der Waals surface area contributed by atoms with Crippen LogP contribution in [0.15, 0.2) is 78.9 Å². The average Bonchev–Trinajstić information content (AvgIpc) is 3.11. The Morgan fingerprint density at radius 2 is 1.17 bits per heavy atom. The zero-order valence-electron chi connectivity index (χ0n) is 30.8. The first kappa shape index (κ1) is 43.6. The number of carbonyl (C=O) groups is 6. The van der Waals surface area contributed by atoms with Crippen LogP contribution < -0.4 is 0 Å². The van der Waals surface area contributed by atoms with Crippen molar-refractivity contribution in [1.82, 2.24) is 9.80 Å². The van der Waals surface area contributed by atoms with E-state index in [-0.39, 0.29) is 48.3 Å². The summed E-state index contributed by atoms with van der Waals surface area (Å²) in [5.74, 6) is -1.19. The first-order chi connectivity index (χ1) is 25.1. The molecule has 284 valence electrons. The van der Waals surface area contributed by atoms with Crippen LogP contribution in [0, 0.1) is 0 Å². The smallest absolute Gasteiger partial charge is 0.303 e. The van der Waals surface area contributed by atoms with Gasteiger partial charge in [0, 0.05) is 51.6 Å². The molecule has 0 aliphatic carbocycles. The van der Waals surface area contributed by atoms with Gasteiger partial charge in [0.15, 0.2) is 11.6 Å². The number of hydrogen-bond acceptors (Lipinski definition) is 6. The maximum Gasteiger partial charge on any atom is 0.303 e. The Morgan fingerprint density at radius 1 is 0.673 bits per heavy atom. The van der Waals surface area contributed by atoms with Crippen molar-refractivity contribution in [1.29, 1.82) is 0 Å². The first-order valence-electron chi connectivity index (χ1n) is 18.9. The Hall–Kier alpha value is -4.60. The Balaban J connectivity index is 0.000000361. The van der Waals surface area contributed by atoms with E-state index >= 15 is 0 Å². The quantitative estimate of drug-likeness (QED) is 0.0714. The second-order valence-corrected chi connectivity index (χ2v) is 13.3. The van der Waals surface area contributed by atoms with Crippen LogP contribution >= 0.6 is 0 Å². The molecule has 2 aliphatic rings. The number of carboxylic acids is 2. The SMILES string of the molecule is CCCCCC(=O)C=C[C@H]1CCCC(=O)N1CC=CCCCC(=O)O.O=C(O)CCCC=CCN1C(=O)CCC[C@@H]1C=CC(=O)Cc1ccccc1. The van der Waals surface area contributed by atoms with E-state index in [0.29, 0.717) is 64.5 Å². The predicted molar refractivity (Wildman–Crippen MR) is 203 cm³/mol. The van der Waals surface area contributed by atoms with E-state index in [1.807, 2.05) is 71.7 Å². The molecule has 0 bridgehead atoms. The number of benzene rings is 1. The van der Waals surface area contributed by atoms with Crippen LogP contribution in [0.1, 0.15) is 115 Å². The number of likely N-dealkylation sites (tertiary alicyclic amines) is 2. The fraction of sp³-hybridized carbons (Fsp3) is 0.524. The number of allylic oxidation sites excluding steroid dienone is 4. The van der Waals surface area contributed by atoms with Gasteiger partial charge in [0.05, 0.1) is 12.1 Å². The van der Waals surface area contributed by atoms with Crippen LogP contribution in [0.4, 0.5) is 0 Å². The molecule has 3 rings (SSSR count). The zero-order chi connectivity index (χ0) is 38.0. The van der Waals surface area contributed by atoms with Crippen molar-refractivity contribution in [2.24, 2.45) is 0 Å². The van der Waals surface area contributed by atoms with E-state index < -0.39 is 11.9 Å². The van der Waals surface area contributed by atoms with Crippen LogP contribution in [0.5, 0.6) is 0 Å². The number of amides is 2. The minimum absolute atomic E-state index is 0.0138. The molecule has 0 aromatic heterocycles. The lowest BCUT2D eigenvalue weighted by Gasteiger charge is -2.33. The Morgan fingerprint density at radius 3 is 1.65 bits per heavy atom. The van der Waals surface area contributed by atoms with Crippen molar-refractivity contribution in [2.45, 2.75) is 128 Å². The van der Waals surface area contributed by atoms with Crippen molar-refractivity contribution >= 4 is 35.3 Å². The Bertz CT molecular complexity index is 1400. The number of ketones is 2. The number of unbranched alkanes of at least 4 members (excludes halogenated alkanes) is 4. The summed E-state index contributed by atoms with van der Waals surface area (Å²) in [5.41, 5.74) is 0.980. The molecular formula is C42H58N2O8. The van der Waals surface area contributed by atoms with Gasteiger partial charge < -0.3 is 20.0 Å². The van der Waals surface area contributed by atoms with Gasteiger partial charge >= 0.3 is 11.9 Å². The van der Waals surface area contributed by atoms with Crippen molar-refractivity contribution < 1.29 is 39.0 Å². The molecule has 2 saturated heterocycles. The number of carboxylic acid groups (broad SMARTS) is 2. The molecule has 2 aliphatic heterocycles. The van der Waals surface area contributed by atoms with Gasteiger partial charge in [-0.2, -0.15) is 0 Å². The normalized spacial score (nSPS) is 18.0. The third kappa shape index (κ3) is 19.1. The van der Waals surface area contributed by atoms with E-state index in [2.05, 4.69) is 6.92 Å². The lowest BCUT2D eigenvalue weighted by Crippen LogP contribution is -2.42. The van der Waals surface area contributed by atoms with Gasteiger partial charge in [-0.25, -0.2) is 0 Å². The predicted octanol–water partition coefficient (Wildman–Crippen LogP) is 7.43. The highest BCUT2D eigenvalue weighted by atomic mass is 16.4. The van der Waals surface area contributed by atoms with Gasteiger partial charge in [-0.3, -0.25) is 28.8 Å². The monoisotopic (exact) mass is 718 g/mol. The van der Waals surface area contributed by atoms with Gasteiger partial charge in [-0.05, 0) is 75.5 Å². The molecule has 1 aromatic carbocycles. The fourth-order valence-electron chi connectivity index (χ4n) is 6.05. The van der Waals surface area contributed by atoms with E-state index in [1.165, 1.54) is 0 Å². The standard InChI is InChI=1S/C22H27NO4.C20H31NO4/c24-20(17-18-9-4-3-5-10-18)15-14-19-11-8-12-21(25)23(19)16-7-2-1-6-13-22(26)27;1-2-3-6-11-18(22)15-14-17-10-9-12-19(23)21(17)16-8-5-4-7-13-20(24)25/h2-5,7,9-10,14-15,19H,1,6,8,11-13,16-17H2,(H,26,27);5,8,14-15,17H,2-4,6-7,9-13,16H2,1H3,(H,24,25)/t19-;17-/m11/s1. The molecule has 10 nitrogen and oxygen atoms in total. The van der Waals surface area contributed by atoms with Crippen molar-refractivity contribution in [2.75, 3.05) is 13.1 Å². The third-order valence-electron chi connectivity index (χ3n) is 8.94. The highest BCUT2D eigenvalue weighted by Crippen LogP contribution is 2.21. The molecule has 0 spiro atoms. The molecule has 2 fully saturated rings. The minimum atomic E-state index is -0.792. The molecule has 2 N–H and O–H groups in total. The lowest BCUT2D eigenvalue weighted by atomic mass is 10.00. The fourth-order valence-corrected chi connectivity index (χ4v) is 6.05. The molecule has 10 heteroatoms. The van der Waals surface area contributed by atoms with Gasteiger partial charge in [-0.15, -0.1) is 0 Å². The second-order valence-electron chi connectivity index (χ2n) is 13.3. The van der Waals surface area contributed by atoms with Crippen LogP contribution in [0.3, 0.4) is 0 Å². The molecule has 0 radical (unpaired) electrons. The average molecular weight is 719 g/mol. The van der Waals surface area contributed by atoms with Gasteiger partial charge in [0.2, 0.25) is 11.8 Å². The Kier molecular flexibility index (Phi) is 22.0. The summed E-state index contributed by atoms with van der Waals surface area (Å²) in [6.07, 6.45) is 26.1. The Labute approximate surface area is 309 Å². The summed E-state index contributed by atoms with van der Waals surface area (Å²) in [6, 6.07) is 9.53. The van der Waals surface area contributed by atoms with Gasteiger partial charge in [0.25, 0.3) is 0 Å². The maximum absolute atomic E-state index is 12.2. The van der Waals surface area contributed by atoms with Crippen molar-refractivity contribution in [3.63, 3.8) is 0 Å². The first-order valence-corrected chi connectivity index (χ1v) is 18.9. The van der Waals surface area contributed by atoms with Crippen molar-refractivity contribution in [3.8, 4) is 0 Å². The summed E-state index contributed by atoms with van der Waals surface area (Å²) in [7, 11) is 0. The summed E-state index contributed by atoms with van der Waals surface area (Å²) < 4.78 is 0. The summed E-state index contributed by atoms with van der Waals surface area (Å²) in [5, 5.41) is 17.2. The molecule has 0 unspecified atom stereocenters. The lowest BCUT2D eigenvalue weighted by molar-refractivity contribution is -0.138. The summed E-state index contributed by atoms with van der Waals surface area (Å²) >= 11 is 0. The van der Waals surface area contributed by atoms with Crippen molar-refractivity contribution in [3.05, 3.63) is 84.5 Å². The molecule has 2 amide bonds. The molecule has 1 aromatic rings. The minimum Gasteiger partial charge on any atom is -0.481 e. The van der Waals surface area contributed by atoms with E-state index in [4.69, 9.17) is 10.2 Å². The van der Waals surface area contributed by atoms with Crippen LogP contribution in [0.2, 0.25) is 0 Å². The van der Waals surface area contributed by atoms with Crippen LogP contribution in [-0.2, 0) is 35.2 Å². The van der Waals surface area contributed by atoms with Crippen LogP contribution in [-0.4, -0.2) is 80.5 Å². The topological polar surface area (TPSA) is 149 Å². The maximum atomic E-state index is 12.2. The number of hydrogen-bond donors (Lipinski definition) is 2. The molecular weight excluding hydrogens is 660 g/mol. The number of piperidine rings is 2. The van der Waals surface area contributed by atoms with E-state index in [1.54, 1.807) is 17.1 Å². The molecule has 52 heavy (non-hydrogen) atoms. The van der Waals surface area contributed by atoms with Gasteiger partial charge in [0.1, 0.15) is 0 Å². The van der Waals surface area contributed by atoms with Gasteiger partial charge in [-0.1, -0.05) is 86.6 Å². The zero-order valence-corrected chi connectivity index (χ0v) is 30.8. The largest absolute Gasteiger partial charge is 0.481 e. The number of rotatable bonds is 22.